The van der Waals surface area contributed by atoms with Crippen molar-refractivity contribution in [2.24, 2.45) is 7.05 Å². The van der Waals surface area contributed by atoms with E-state index in [-0.39, 0.29) is 35.5 Å². The monoisotopic (exact) mass is 494 g/mol. The fourth-order valence-corrected chi connectivity index (χ4v) is 4.11. The number of nitrogens with zero attached hydrogens (tertiary/aromatic N) is 2. The van der Waals surface area contributed by atoms with Crippen molar-refractivity contribution in [3.8, 4) is 0 Å². The predicted molar refractivity (Wildman–Crippen MR) is 107 cm³/mol. The number of aromatic nitrogens is 2. The zero-order valence-corrected chi connectivity index (χ0v) is 18.3. The number of hydrogen-bond donors (Lipinski definition) is 0. The molecular formula is C24H19IN2O2. The Morgan fingerprint density at radius 1 is 0.828 bits per heavy atom. The Labute approximate surface area is 185 Å². The Balaban J connectivity index is 0.00000205. The molecule has 0 saturated carbocycles. The summed E-state index contributed by atoms with van der Waals surface area (Å²) in [4.78, 5) is 26.8. The van der Waals surface area contributed by atoms with Crippen molar-refractivity contribution in [2.75, 3.05) is 0 Å². The second-order valence-electron chi connectivity index (χ2n) is 7.28. The van der Waals surface area contributed by atoms with Crippen molar-refractivity contribution < 1.29 is 38.1 Å². The Kier molecular flexibility index (Phi) is 4.86. The second-order valence-corrected chi connectivity index (χ2v) is 7.28. The van der Waals surface area contributed by atoms with Crippen LogP contribution in [0.5, 0.6) is 0 Å². The SMILES string of the molecule is Cc1n(Cc2ccccc2)c2c([n+]1C)C(=O)c1cc3ccccc3cc1C2=O.[I-]. The van der Waals surface area contributed by atoms with Crippen LogP contribution >= 0.6 is 0 Å². The predicted octanol–water partition coefficient (Wildman–Crippen LogP) is 0.602. The van der Waals surface area contributed by atoms with Crippen LogP contribution in [0, 0.1) is 6.92 Å². The van der Waals surface area contributed by atoms with Gasteiger partial charge in [0.15, 0.2) is 0 Å². The number of benzene rings is 3. The van der Waals surface area contributed by atoms with E-state index >= 15 is 0 Å². The van der Waals surface area contributed by atoms with Gasteiger partial charge in [-0.2, -0.15) is 0 Å². The second kappa shape index (κ2) is 7.22. The van der Waals surface area contributed by atoms with Crippen LogP contribution < -0.4 is 28.5 Å². The summed E-state index contributed by atoms with van der Waals surface area (Å²) in [5.41, 5.74) is 3.03. The van der Waals surface area contributed by atoms with Gasteiger partial charge < -0.3 is 24.0 Å². The van der Waals surface area contributed by atoms with Crippen LogP contribution in [-0.4, -0.2) is 16.1 Å². The minimum atomic E-state index is -0.0900. The lowest BCUT2D eigenvalue weighted by atomic mass is 9.87. The van der Waals surface area contributed by atoms with E-state index < -0.39 is 0 Å². The van der Waals surface area contributed by atoms with Crippen LogP contribution in [0.2, 0.25) is 0 Å². The van der Waals surface area contributed by atoms with E-state index in [9.17, 15) is 9.59 Å². The number of ketones is 2. The summed E-state index contributed by atoms with van der Waals surface area (Å²) in [5.74, 6) is 0.704. The van der Waals surface area contributed by atoms with Crippen molar-refractivity contribution >= 4 is 22.3 Å². The minimum Gasteiger partial charge on any atom is -1.00 e. The number of imidazole rings is 1. The normalized spacial score (nSPS) is 12.5. The highest BCUT2D eigenvalue weighted by Crippen LogP contribution is 2.30. The van der Waals surface area contributed by atoms with Gasteiger partial charge in [-0.3, -0.25) is 9.59 Å². The minimum absolute atomic E-state index is 0. The third kappa shape index (κ3) is 2.92. The first kappa shape index (κ1) is 19.5. The number of carbonyl (C=O) groups is 2. The number of halogens is 1. The first-order valence-corrected chi connectivity index (χ1v) is 9.31. The molecule has 0 spiro atoms. The molecule has 0 aliphatic heterocycles. The highest BCUT2D eigenvalue weighted by Gasteiger charge is 2.42. The molecule has 0 atom stereocenters. The lowest BCUT2D eigenvalue weighted by Gasteiger charge is -2.14. The van der Waals surface area contributed by atoms with Gasteiger partial charge in [0.25, 0.3) is 5.82 Å². The molecule has 5 rings (SSSR count). The van der Waals surface area contributed by atoms with Gasteiger partial charge in [-0.05, 0) is 28.5 Å². The molecule has 144 valence electrons. The molecule has 4 nitrogen and oxygen atoms in total. The molecule has 1 aliphatic carbocycles. The van der Waals surface area contributed by atoms with Crippen molar-refractivity contribution in [3.05, 3.63) is 101 Å². The molecule has 0 amide bonds. The lowest BCUT2D eigenvalue weighted by Crippen LogP contribution is -3.00. The summed E-state index contributed by atoms with van der Waals surface area (Å²) in [6.07, 6.45) is 0. The average molecular weight is 494 g/mol. The summed E-state index contributed by atoms with van der Waals surface area (Å²) in [7, 11) is 1.85. The van der Waals surface area contributed by atoms with Crippen molar-refractivity contribution in [3.63, 3.8) is 0 Å². The van der Waals surface area contributed by atoms with Gasteiger partial charge in [-0.15, -0.1) is 0 Å². The molecule has 4 aromatic rings. The lowest BCUT2D eigenvalue weighted by molar-refractivity contribution is -0.679. The van der Waals surface area contributed by atoms with Crippen LogP contribution in [0.1, 0.15) is 43.5 Å². The highest BCUT2D eigenvalue weighted by molar-refractivity contribution is 6.27. The maximum absolute atomic E-state index is 13.5. The first-order chi connectivity index (χ1) is 13.6. The first-order valence-electron chi connectivity index (χ1n) is 9.31. The van der Waals surface area contributed by atoms with Gasteiger partial charge in [-0.1, -0.05) is 54.6 Å². The molecule has 0 fully saturated rings. The Morgan fingerprint density at radius 2 is 1.38 bits per heavy atom. The quantitative estimate of drug-likeness (QED) is 0.267. The Hall–Kier alpha value is -2.80. The molecule has 1 heterocycles. The number of rotatable bonds is 2. The maximum atomic E-state index is 13.5. The van der Waals surface area contributed by atoms with Crippen LogP contribution in [0.4, 0.5) is 0 Å². The Bertz CT molecular complexity index is 1290. The van der Waals surface area contributed by atoms with Gasteiger partial charge in [-0.25, -0.2) is 9.13 Å². The van der Waals surface area contributed by atoms with E-state index in [1.54, 1.807) is 0 Å². The van der Waals surface area contributed by atoms with Gasteiger partial charge in [0.05, 0.1) is 7.05 Å². The van der Waals surface area contributed by atoms with E-state index in [2.05, 4.69) is 0 Å². The van der Waals surface area contributed by atoms with Gasteiger partial charge >= 0.3 is 0 Å². The molecule has 0 unspecified atom stereocenters. The summed E-state index contributed by atoms with van der Waals surface area (Å²) >= 11 is 0. The van der Waals surface area contributed by atoms with Gasteiger partial charge in [0.1, 0.15) is 6.54 Å². The molecule has 29 heavy (non-hydrogen) atoms. The smallest absolute Gasteiger partial charge is 0.254 e. The summed E-state index contributed by atoms with van der Waals surface area (Å²) in [6, 6.07) is 21.5. The van der Waals surface area contributed by atoms with E-state index in [1.807, 2.05) is 89.8 Å². The molecule has 5 heteroatoms. The van der Waals surface area contributed by atoms with Crippen molar-refractivity contribution in [1.29, 1.82) is 0 Å². The molecule has 0 N–H and O–H groups in total. The van der Waals surface area contributed by atoms with E-state index in [4.69, 9.17) is 0 Å². The molecule has 0 saturated heterocycles. The average Bonchev–Trinajstić information content (AvgIpc) is 2.97. The zero-order chi connectivity index (χ0) is 19.4. The fraction of sp³-hybridized carbons (Fsp3) is 0.125. The molecular weight excluding hydrogens is 475 g/mol. The van der Waals surface area contributed by atoms with Gasteiger partial charge in [0.2, 0.25) is 23.0 Å². The molecule has 1 aromatic heterocycles. The summed E-state index contributed by atoms with van der Waals surface area (Å²) in [6.45, 7) is 2.50. The standard InChI is InChI=1S/C24H19N2O2.HI/c1-15-25(2)21-22(26(15)14-16-8-4-3-5-9-16)24(28)20-13-18-11-7-6-10-17(18)12-19(20)23(21)27;/h3-13H,14H2,1-2H3;1H/q+1;/p-1. The van der Waals surface area contributed by atoms with Crippen LogP contribution in [0.25, 0.3) is 10.8 Å². The highest BCUT2D eigenvalue weighted by atomic mass is 127. The number of carbonyl (C=O) groups excluding carboxylic acids is 2. The van der Waals surface area contributed by atoms with Crippen LogP contribution in [0.3, 0.4) is 0 Å². The molecule has 3 aromatic carbocycles. The van der Waals surface area contributed by atoms with Gasteiger partial charge in [0, 0.05) is 18.1 Å². The van der Waals surface area contributed by atoms with Crippen molar-refractivity contribution in [2.45, 2.75) is 13.5 Å². The third-order valence-electron chi connectivity index (χ3n) is 5.69. The molecule has 1 aliphatic rings. The topological polar surface area (TPSA) is 43.0 Å². The Morgan fingerprint density at radius 3 is 2.00 bits per heavy atom. The third-order valence-corrected chi connectivity index (χ3v) is 5.69. The van der Waals surface area contributed by atoms with E-state index in [1.165, 1.54) is 0 Å². The largest absolute Gasteiger partial charge is 1.00 e. The van der Waals surface area contributed by atoms with E-state index in [0.717, 1.165) is 22.2 Å². The van der Waals surface area contributed by atoms with E-state index in [0.29, 0.717) is 29.1 Å². The van der Waals surface area contributed by atoms with Crippen LogP contribution in [0.15, 0.2) is 66.7 Å². The summed E-state index contributed by atoms with van der Waals surface area (Å²) < 4.78 is 3.81. The van der Waals surface area contributed by atoms with Crippen molar-refractivity contribution in [1.82, 2.24) is 4.57 Å². The fourth-order valence-electron chi connectivity index (χ4n) is 4.11. The molecule has 0 radical (unpaired) electrons. The number of hydrogen-bond acceptors (Lipinski definition) is 2. The molecule has 0 bridgehead atoms. The number of fused-ring (bicyclic) bond motifs is 3. The van der Waals surface area contributed by atoms with Crippen LogP contribution in [-0.2, 0) is 13.6 Å². The maximum Gasteiger partial charge on any atom is 0.254 e. The zero-order valence-electron chi connectivity index (χ0n) is 16.1. The summed E-state index contributed by atoms with van der Waals surface area (Å²) in [5, 5.41) is 1.93.